The van der Waals surface area contributed by atoms with Gasteiger partial charge in [0.1, 0.15) is 0 Å². The van der Waals surface area contributed by atoms with E-state index in [0.29, 0.717) is 0 Å². The van der Waals surface area contributed by atoms with E-state index in [1.807, 2.05) is 0 Å². The fourth-order valence-electron chi connectivity index (χ4n) is 3.97. The fourth-order valence-corrected chi connectivity index (χ4v) is 3.97. The van der Waals surface area contributed by atoms with Crippen LogP contribution in [0.2, 0.25) is 0 Å². The molecule has 0 saturated heterocycles. The lowest BCUT2D eigenvalue weighted by Gasteiger charge is -2.21. The SMILES string of the molecule is OCCCOCCCCCCCCCCCCCC1CCCCC1. The molecule has 0 unspecified atom stereocenters. The molecule has 0 bridgehead atoms. The van der Waals surface area contributed by atoms with E-state index in [4.69, 9.17) is 9.84 Å². The number of rotatable bonds is 17. The Morgan fingerprint density at radius 2 is 1.08 bits per heavy atom. The van der Waals surface area contributed by atoms with Crippen molar-refractivity contribution in [2.45, 2.75) is 116 Å². The van der Waals surface area contributed by atoms with Crippen LogP contribution in [-0.2, 0) is 4.74 Å². The van der Waals surface area contributed by atoms with Crippen molar-refractivity contribution in [2.75, 3.05) is 19.8 Å². The van der Waals surface area contributed by atoms with Crippen LogP contribution in [0.1, 0.15) is 116 Å². The predicted octanol–water partition coefficient (Wildman–Crippen LogP) is 6.65. The third-order valence-corrected chi connectivity index (χ3v) is 5.57. The molecule has 0 radical (unpaired) electrons. The van der Waals surface area contributed by atoms with Gasteiger partial charge in [-0.25, -0.2) is 0 Å². The number of aliphatic hydroxyl groups is 1. The van der Waals surface area contributed by atoms with Gasteiger partial charge in [-0.3, -0.25) is 0 Å². The van der Waals surface area contributed by atoms with Crippen LogP contribution in [0.4, 0.5) is 0 Å². The Morgan fingerprint density at radius 1 is 0.583 bits per heavy atom. The molecule has 2 nitrogen and oxygen atoms in total. The second-order valence-corrected chi connectivity index (χ2v) is 7.87. The Bertz CT molecular complexity index is 236. The number of hydrogen-bond acceptors (Lipinski definition) is 2. The maximum absolute atomic E-state index is 8.64. The zero-order valence-corrected chi connectivity index (χ0v) is 16.3. The highest BCUT2D eigenvalue weighted by atomic mass is 16.5. The monoisotopic (exact) mass is 340 g/mol. The van der Waals surface area contributed by atoms with Crippen molar-refractivity contribution in [3.8, 4) is 0 Å². The van der Waals surface area contributed by atoms with E-state index in [1.54, 1.807) is 0 Å². The van der Waals surface area contributed by atoms with E-state index < -0.39 is 0 Å². The molecule has 24 heavy (non-hydrogen) atoms. The van der Waals surface area contributed by atoms with Gasteiger partial charge in [-0.05, 0) is 18.8 Å². The molecule has 1 fully saturated rings. The Balaban J connectivity index is 1.66. The Labute approximate surface area is 151 Å². The van der Waals surface area contributed by atoms with E-state index >= 15 is 0 Å². The van der Waals surface area contributed by atoms with Crippen molar-refractivity contribution < 1.29 is 9.84 Å². The standard InChI is InChI=1S/C22H44O2/c23-19-15-21-24-20-14-9-7-5-3-1-2-4-6-8-11-16-22-17-12-10-13-18-22/h22-23H,1-21H2. The van der Waals surface area contributed by atoms with Crippen molar-refractivity contribution in [3.05, 3.63) is 0 Å². The van der Waals surface area contributed by atoms with Crippen LogP contribution < -0.4 is 0 Å². The van der Waals surface area contributed by atoms with Crippen LogP contribution in [0.3, 0.4) is 0 Å². The van der Waals surface area contributed by atoms with Crippen LogP contribution in [0, 0.1) is 5.92 Å². The van der Waals surface area contributed by atoms with E-state index in [-0.39, 0.29) is 6.61 Å². The van der Waals surface area contributed by atoms with Gasteiger partial charge < -0.3 is 9.84 Å². The van der Waals surface area contributed by atoms with Crippen LogP contribution in [-0.4, -0.2) is 24.9 Å². The zero-order valence-electron chi connectivity index (χ0n) is 16.3. The average molecular weight is 341 g/mol. The van der Waals surface area contributed by atoms with Gasteiger partial charge in [0.05, 0.1) is 0 Å². The summed E-state index contributed by atoms with van der Waals surface area (Å²) in [6, 6.07) is 0. The van der Waals surface area contributed by atoms with Gasteiger partial charge in [0.25, 0.3) is 0 Å². The summed E-state index contributed by atoms with van der Waals surface area (Å²) in [6.45, 7) is 1.85. The molecule has 1 saturated carbocycles. The molecular weight excluding hydrogens is 296 g/mol. The molecule has 0 aromatic carbocycles. The topological polar surface area (TPSA) is 29.5 Å². The highest BCUT2D eigenvalue weighted by molar-refractivity contribution is 4.65. The average Bonchev–Trinajstić information content (AvgIpc) is 2.62. The van der Waals surface area contributed by atoms with Gasteiger partial charge in [-0.15, -0.1) is 0 Å². The van der Waals surface area contributed by atoms with Gasteiger partial charge in [0, 0.05) is 19.8 Å². The van der Waals surface area contributed by atoms with E-state index in [0.717, 1.165) is 25.6 Å². The second kappa shape index (κ2) is 17.7. The summed E-state index contributed by atoms with van der Waals surface area (Å²) in [4.78, 5) is 0. The summed E-state index contributed by atoms with van der Waals surface area (Å²) in [7, 11) is 0. The third-order valence-electron chi connectivity index (χ3n) is 5.57. The first kappa shape index (κ1) is 22.0. The molecule has 0 amide bonds. The molecule has 1 rings (SSSR count). The molecule has 0 aromatic rings. The smallest absolute Gasteiger partial charge is 0.0487 e. The minimum absolute atomic E-state index is 0.251. The first-order valence-electron chi connectivity index (χ1n) is 11.1. The zero-order chi connectivity index (χ0) is 17.1. The molecule has 1 aliphatic carbocycles. The molecule has 1 aliphatic rings. The number of aliphatic hydroxyl groups excluding tert-OH is 1. The molecule has 1 N–H and O–H groups in total. The summed E-state index contributed by atoms with van der Waals surface area (Å²) in [5, 5.41) is 8.64. The summed E-state index contributed by atoms with van der Waals surface area (Å²) < 4.78 is 5.44. The molecule has 144 valence electrons. The lowest BCUT2D eigenvalue weighted by atomic mass is 9.85. The van der Waals surface area contributed by atoms with Crippen LogP contribution in [0.5, 0.6) is 0 Å². The maximum atomic E-state index is 8.64. The lowest BCUT2D eigenvalue weighted by molar-refractivity contribution is 0.112. The summed E-state index contributed by atoms with van der Waals surface area (Å²) in [6.07, 6.45) is 25.3. The quantitative estimate of drug-likeness (QED) is 0.300. The molecule has 2 heteroatoms. The highest BCUT2D eigenvalue weighted by Crippen LogP contribution is 2.28. The van der Waals surface area contributed by atoms with E-state index in [9.17, 15) is 0 Å². The number of unbranched alkanes of at least 4 members (excludes halogenated alkanes) is 10. The molecule has 0 heterocycles. The van der Waals surface area contributed by atoms with Crippen LogP contribution >= 0.6 is 0 Å². The predicted molar refractivity (Wildman–Crippen MR) is 105 cm³/mol. The molecular formula is C22H44O2. The largest absolute Gasteiger partial charge is 0.396 e. The van der Waals surface area contributed by atoms with Crippen molar-refractivity contribution in [3.63, 3.8) is 0 Å². The van der Waals surface area contributed by atoms with Crippen molar-refractivity contribution >= 4 is 0 Å². The van der Waals surface area contributed by atoms with Gasteiger partial charge >= 0.3 is 0 Å². The molecule has 0 aromatic heterocycles. The minimum atomic E-state index is 0.251. The van der Waals surface area contributed by atoms with Gasteiger partial charge in [-0.2, -0.15) is 0 Å². The van der Waals surface area contributed by atoms with E-state index in [2.05, 4.69) is 0 Å². The second-order valence-electron chi connectivity index (χ2n) is 7.87. The van der Waals surface area contributed by atoms with Gasteiger partial charge in [0.2, 0.25) is 0 Å². The summed E-state index contributed by atoms with van der Waals surface area (Å²) in [5.41, 5.74) is 0. The maximum Gasteiger partial charge on any atom is 0.0487 e. The van der Waals surface area contributed by atoms with Gasteiger partial charge in [0.15, 0.2) is 0 Å². The first-order valence-corrected chi connectivity index (χ1v) is 11.1. The Kier molecular flexibility index (Phi) is 16.2. The fraction of sp³-hybridized carbons (Fsp3) is 1.00. The van der Waals surface area contributed by atoms with Crippen LogP contribution in [0.15, 0.2) is 0 Å². The molecule has 0 spiro atoms. The van der Waals surface area contributed by atoms with Gasteiger partial charge in [-0.1, -0.05) is 103 Å². The third kappa shape index (κ3) is 14.3. The van der Waals surface area contributed by atoms with Crippen molar-refractivity contribution in [2.24, 2.45) is 5.92 Å². The Hall–Kier alpha value is -0.0800. The van der Waals surface area contributed by atoms with Crippen molar-refractivity contribution in [1.29, 1.82) is 0 Å². The lowest BCUT2D eigenvalue weighted by Crippen LogP contribution is -2.05. The van der Waals surface area contributed by atoms with Crippen LogP contribution in [0.25, 0.3) is 0 Å². The summed E-state index contributed by atoms with van der Waals surface area (Å²) in [5.74, 6) is 1.08. The first-order chi connectivity index (χ1) is 11.9. The highest BCUT2D eigenvalue weighted by Gasteiger charge is 2.12. The molecule has 0 aliphatic heterocycles. The van der Waals surface area contributed by atoms with Crippen molar-refractivity contribution in [1.82, 2.24) is 0 Å². The van der Waals surface area contributed by atoms with E-state index in [1.165, 1.54) is 109 Å². The number of hydrogen-bond donors (Lipinski definition) is 1. The Morgan fingerprint density at radius 3 is 1.67 bits per heavy atom. The normalized spacial score (nSPS) is 15.9. The number of ether oxygens (including phenoxy) is 1. The minimum Gasteiger partial charge on any atom is -0.396 e. The molecule has 0 atom stereocenters. The summed E-state index contributed by atoms with van der Waals surface area (Å²) >= 11 is 0.